The zero-order valence-corrected chi connectivity index (χ0v) is 9.66. The van der Waals surface area contributed by atoms with E-state index in [2.05, 4.69) is 28.3 Å². The van der Waals surface area contributed by atoms with Crippen molar-refractivity contribution in [1.29, 1.82) is 5.26 Å². The molecule has 0 fully saturated rings. The molecular formula is C10H7NS3. The zero-order valence-electron chi connectivity index (χ0n) is 7.21. The summed E-state index contributed by atoms with van der Waals surface area (Å²) in [6.45, 7) is 0. The lowest BCUT2D eigenvalue weighted by Crippen LogP contribution is -1.79. The molecule has 0 saturated heterocycles. The maximum atomic E-state index is 8.55. The SMILES string of the molecule is N#CSS1=CC(c2ccccc2)=CS1. The predicted octanol–water partition coefficient (Wildman–Crippen LogP) is 3.89. The van der Waals surface area contributed by atoms with E-state index in [0.29, 0.717) is 0 Å². The van der Waals surface area contributed by atoms with Crippen molar-refractivity contribution in [2.24, 2.45) is 0 Å². The number of nitriles is 1. The molecule has 0 bridgehead atoms. The van der Waals surface area contributed by atoms with Crippen molar-refractivity contribution in [3.05, 3.63) is 41.3 Å². The predicted molar refractivity (Wildman–Crippen MR) is 68.9 cm³/mol. The van der Waals surface area contributed by atoms with Crippen LogP contribution >= 0.6 is 30.1 Å². The second-order valence-corrected chi connectivity index (χ2v) is 7.99. The van der Waals surface area contributed by atoms with Gasteiger partial charge >= 0.3 is 0 Å². The van der Waals surface area contributed by atoms with Crippen LogP contribution in [-0.4, -0.2) is 5.37 Å². The lowest BCUT2D eigenvalue weighted by Gasteiger charge is -1.96. The van der Waals surface area contributed by atoms with Gasteiger partial charge < -0.3 is 0 Å². The monoisotopic (exact) mass is 237 g/mol. The van der Waals surface area contributed by atoms with Gasteiger partial charge in [0.25, 0.3) is 0 Å². The highest BCUT2D eigenvalue weighted by Gasteiger charge is 2.08. The molecule has 1 nitrogen and oxygen atoms in total. The Hall–Kier alpha value is -0.630. The van der Waals surface area contributed by atoms with E-state index in [-0.39, 0.29) is 8.55 Å². The fourth-order valence-electron chi connectivity index (χ4n) is 1.11. The van der Waals surface area contributed by atoms with Gasteiger partial charge in [-0.1, -0.05) is 41.1 Å². The molecule has 14 heavy (non-hydrogen) atoms. The van der Waals surface area contributed by atoms with Crippen molar-refractivity contribution in [2.45, 2.75) is 0 Å². The van der Waals surface area contributed by atoms with Gasteiger partial charge in [-0.25, -0.2) is 0 Å². The summed E-state index contributed by atoms with van der Waals surface area (Å²) in [4.78, 5) is 0. The van der Waals surface area contributed by atoms with E-state index < -0.39 is 0 Å². The fraction of sp³-hybridized carbons (Fsp3) is 0. The first-order valence-electron chi connectivity index (χ1n) is 3.97. The normalized spacial score (nSPS) is 19.6. The Balaban J connectivity index is 2.20. The van der Waals surface area contributed by atoms with Crippen LogP contribution < -0.4 is 0 Å². The molecule has 1 aromatic carbocycles. The van der Waals surface area contributed by atoms with Crippen molar-refractivity contribution in [2.75, 3.05) is 0 Å². The van der Waals surface area contributed by atoms with Gasteiger partial charge in [0.05, 0.1) is 0 Å². The Morgan fingerprint density at radius 1 is 1.29 bits per heavy atom. The van der Waals surface area contributed by atoms with Crippen LogP contribution in [0.1, 0.15) is 5.56 Å². The number of allylic oxidation sites excluding steroid dienone is 1. The van der Waals surface area contributed by atoms with E-state index >= 15 is 0 Å². The summed E-state index contributed by atoms with van der Waals surface area (Å²) in [6, 6.07) is 10.3. The third-order valence-electron chi connectivity index (χ3n) is 1.72. The summed E-state index contributed by atoms with van der Waals surface area (Å²) in [5.74, 6) is 0. The van der Waals surface area contributed by atoms with Gasteiger partial charge in [0, 0.05) is 10.8 Å². The number of rotatable bonds is 2. The molecule has 0 aliphatic carbocycles. The topological polar surface area (TPSA) is 23.8 Å². The summed E-state index contributed by atoms with van der Waals surface area (Å²) in [7, 11) is 3.04. The van der Waals surface area contributed by atoms with Gasteiger partial charge in [0.1, 0.15) is 5.40 Å². The van der Waals surface area contributed by atoms with Gasteiger partial charge in [-0.3, -0.25) is 0 Å². The van der Waals surface area contributed by atoms with Crippen LogP contribution in [0.25, 0.3) is 5.57 Å². The molecule has 70 valence electrons. The summed E-state index contributed by atoms with van der Waals surface area (Å²) >= 11 is 0. The number of hydrogen-bond acceptors (Lipinski definition) is 3. The molecule has 1 aliphatic heterocycles. The van der Waals surface area contributed by atoms with Crippen molar-refractivity contribution in [3.63, 3.8) is 0 Å². The average molecular weight is 237 g/mol. The molecule has 2 rings (SSSR count). The second kappa shape index (κ2) is 4.74. The average Bonchev–Trinajstić information content (AvgIpc) is 2.68. The zero-order chi connectivity index (χ0) is 9.80. The van der Waals surface area contributed by atoms with E-state index in [1.807, 2.05) is 18.2 Å². The molecule has 0 saturated carbocycles. The van der Waals surface area contributed by atoms with Crippen LogP contribution in [0.5, 0.6) is 0 Å². The van der Waals surface area contributed by atoms with Crippen molar-refractivity contribution in [1.82, 2.24) is 0 Å². The molecule has 0 spiro atoms. The Labute approximate surface area is 92.9 Å². The van der Waals surface area contributed by atoms with E-state index in [1.54, 1.807) is 10.8 Å². The third-order valence-corrected chi connectivity index (χ3v) is 6.42. The van der Waals surface area contributed by atoms with E-state index in [4.69, 9.17) is 5.26 Å². The first-order chi connectivity index (χ1) is 6.90. The molecule has 1 atom stereocenters. The molecule has 1 aromatic rings. The quantitative estimate of drug-likeness (QED) is 0.443. The van der Waals surface area contributed by atoms with Crippen molar-refractivity contribution < 1.29 is 0 Å². The van der Waals surface area contributed by atoms with Crippen LogP contribution in [-0.2, 0) is 0 Å². The highest BCUT2D eigenvalue weighted by Crippen LogP contribution is 2.49. The number of hydrogen-bond donors (Lipinski definition) is 0. The van der Waals surface area contributed by atoms with Crippen LogP contribution in [0.15, 0.2) is 35.7 Å². The Bertz CT molecular complexity index is 428. The van der Waals surface area contributed by atoms with Crippen LogP contribution in [0.2, 0.25) is 0 Å². The van der Waals surface area contributed by atoms with Crippen LogP contribution in [0.3, 0.4) is 0 Å². The third kappa shape index (κ3) is 2.24. The molecule has 4 heteroatoms. The maximum absolute atomic E-state index is 8.55. The fourth-order valence-corrected chi connectivity index (χ4v) is 5.07. The standard InChI is InChI=1S/C10H7NS3/c11-8-13-14-7-10(6-12-14)9-4-2-1-3-5-9/h1-7H. The van der Waals surface area contributed by atoms with E-state index in [0.717, 1.165) is 0 Å². The first-order valence-corrected chi connectivity index (χ1v) is 7.99. The van der Waals surface area contributed by atoms with Crippen LogP contribution in [0.4, 0.5) is 0 Å². The summed E-state index contributed by atoms with van der Waals surface area (Å²) in [5.41, 5.74) is 2.47. The van der Waals surface area contributed by atoms with Gasteiger partial charge in [0.2, 0.25) is 0 Å². The molecule has 0 radical (unpaired) electrons. The Morgan fingerprint density at radius 2 is 2.07 bits per heavy atom. The van der Waals surface area contributed by atoms with Gasteiger partial charge in [-0.05, 0) is 30.5 Å². The van der Waals surface area contributed by atoms with Crippen molar-refractivity contribution in [3.8, 4) is 5.40 Å². The minimum atomic E-state index is -0.00325. The maximum Gasteiger partial charge on any atom is 0.145 e. The Morgan fingerprint density at radius 3 is 2.79 bits per heavy atom. The number of benzene rings is 1. The molecule has 1 aliphatic rings. The molecule has 1 heterocycles. The molecule has 0 aromatic heterocycles. The van der Waals surface area contributed by atoms with Gasteiger partial charge in [-0.15, -0.1) is 0 Å². The van der Waals surface area contributed by atoms with E-state index in [9.17, 15) is 0 Å². The summed E-state index contributed by atoms with van der Waals surface area (Å²) in [5, 5.41) is 15.0. The van der Waals surface area contributed by atoms with Crippen molar-refractivity contribution >= 4 is 41.1 Å². The minimum Gasteiger partial charge on any atom is -0.184 e. The lowest BCUT2D eigenvalue weighted by atomic mass is 10.1. The molecular weight excluding hydrogens is 230 g/mol. The highest BCUT2D eigenvalue weighted by atomic mass is 33.5. The van der Waals surface area contributed by atoms with Crippen LogP contribution in [0, 0.1) is 10.7 Å². The summed E-state index contributed by atoms with van der Waals surface area (Å²) < 4.78 is 0. The molecule has 1 unspecified atom stereocenters. The number of thiocyanates is 1. The second-order valence-electron chi connectivity index (χ2n) is 2.59. The molecule has 0 amide bonds. The Kier molecular flexibility index (Phi) is 3.35. The summed E-state index contributed by atoms with van der Waals surface area (Å²) in [6.07, 6.45) is 0. The molecule has 0 N–H and O–H groups in total. The first kappa shape index (κ1) is 9.91. The van der Waals surface area contributed by atoms with Gasteiger partial charge in [0.15, 0.2) is 0 Å². The van der Waals surface area contributed by atoms with Gasteiger partial charge in [-0.2, -0.15) is 5.26 Å². The number of nitrogens with zero attached hydrogens (tertiary/aromatic N) is 1. The minimum absolute atomic E-state index is 0.00325. The smallest absolute Gasteiger partial charge is 0.145 e. The van der Waals surface area contributed by atoms with E-state index in [1.165, 1.54) is 21.9 Å². The lowest BCUT2D eigenvalue weighted by molar-refractivity contribution is 1.57. The highest BCUT2D eigenvalue weighted by molar-refractivity contribution is 9.17. The largest absolute Gasteiger partial charge is 0.184 e.